The molecule has 2 heterocycles. The van der Waals surface area contributed by atoms with Crippen LogP contribution in [0.4, 0.5) is 0 Å². The Kier molecular flexibility index (Phi) is 4.92. The fourth-order valence-electron chi connectivity index (χ4n) is 3.35. The van der Waals surface area contributed by atoms with Gasteiger partial charge < -0.3 is 49.6 Å². The lowest BCUT2D eigenvalue weighted by Gasteiger charge is -2.39. The van der Waals surface area contributed by atoms with Crippen molar-refractivity contribution in [1.82, 2.24) is 0 Å². The van der Waals surface area contributed by atoms with Crippen molar-refractivity contribution < 1.29 is 49.6 Å². The number of benzene rings is 2. The zero-order valence-corrected chi connectivity index (χ0v) is 15.2. The van der Waals surface area contributed by atoms with Crippen molar-refractivity contribution >= 4 is 21.9 Å². The molecule has 7 N–H and O–H groups in total. The number of hydrogen-bond acceptors (Lipinski definition) is 11. The maximum Gasteiger partial charge on any atom is 0.229 e. The third-order valence-electron chi connectivity index (χ3n) is 4.92. The Labute approximate surface area is 167 Å². The van der Waals surface area contributed by atoms with E-state index in [9.17, 15) is 40.5 Å². The molecule has 0 amide bonds. The molecule has 1 saturated heterocycles. The number of rotatable bonds is 3. The molecule has 160 valence electrons. The van der Waals surface area contributed by atoms with Crippen LogP contribution in [0.2, 0.25) is 0 Å². The fourth-order valence-corrected chi connectivity index (χ4v) is 3.35. The standard InChI is InChI=1S/C19H18O11/c20-5-11-14(25)15(26)16(27)19(29-11)30-17-9(23)4-8(22)12-13(24)7-3-6(21)1-2-10(7)28-18(12)17/h1-4,11,14-16,19-23,25-27H,5H2/t11-,14+,15-,16-,19+/m1/s1. The van der Waals surface area contributed by atoms with E-state index in [0.29, 0.717) is 0 Å². The van der Waals surface area contributed by atoms with Crippen LogP contribution in [0.5, 0.6) is 23.0 Å². The summed E-state index contributed by atoms with van der Waals surface area (Å²) < 4.78 is 16.3. The summed E-state index contributed by atoms with van der Waals surface area (Å²) in [4.78, 5) is 12.8. The SMILES string of the molecule is O=c1c2cc(O)ccc2oc2c(O[C@@H]3O[C@H](CO)[C@H](O)[C@@H](O)[C@H]3O)c(O)cc(O)c12. The highest BCUT2D eigenvalue weighted by molar-refractivity contribution is 5.97. The van der Waals surface area contributed by atoms with Gasteiger partial charge >= 0.3 is 0 Å². The van der Waals surface area contributed by atoms with Crippen molar-refractivity contribution in [3.8, 4) is 23.0 Å². The molecule has 1 aromatic heterocycles. The molecule has 0 bridgehead atoms. The zero-order chi connectivity index (χ0) is 21.7. The highest BCUT2D eigenvalue weighted by atomic mass is 16.7. The number of aliphatic hydroxyl groups excluding tert-OH is 4. The van der Waals surface area contributed by atoms with Crippen LogP contribution in [0, 0.1) is 0 Å². The first kappa shape index (κ1) is 20.2. The van der Waals surface area contributed by atoms with Crippen LogP contribution < -0.4 is 10.2 Å². The molecule has 1 fully saturated rings. The molecule has 11 heteroatoms. The molecular weight excluding hydrogens is 404 g/mol. The van der Waals surface area contributed by atoms with Crippen molar-refractivity contribution in [2.24, 2.45) is 0 Å². The van der Waals surface area contributed by atoms with Gasteiger partial charge in [-0.15, -0.1) is 0 Å². The number of hydrogen-bond donors (Lipinski definition) is 7. The molecule has 4 rings (SSSR count). The van der Waals surface area contributed by atoms with Crippen LogP contribution in [-0.4, -0.2) is 73.1 Å². The van der Waals surface area contributed by atoms with E-state index in [4.69, 9.17) is 13.9 Å². The van der Waals surface area contributed by atoms with Crippen molar-refractivity contribution in [3.05, 3.63) is 34.5 Å². The Bertz CT molecular complexity index is 1170. The third-order valence-corrected chi connectivity index (χ3v) is 4.92. The lowest BCUT2D eigenvalue weighted by atomic mass is 9.99. The summed E-state index contributed by atoms with van der Waals surface area (Å²) in [7, 11) is 0. The summed E-state index contributed by atoms with van der Waals surface area (Å²) >= 11 is 0. The second kappa shape index (κ2) is 7.31. The maximum absolute atomic E-state index is 12.8. The molecule has 0 radical (unpaired) electrons. The lowest BCUT2D eigenvalue weighted by molar-refractivity contribution is -0.277. The Balaban J connectivity index is 1.88. The van der Waals surface area contributed by atoms with Crippen molar-refractivity contribution in [1.29, 1.82) is 0 Å². The first-order valence-electron chi connectivity index (χ1n) is 8.84. The van der Waals surface area contributed by atoms with Gasteiger partial charge in [-0.1, -0.05) is 0 Å². The van der Waals surface area contributed by atoms with Crippen LogP contribution in [0.25, 0.3) is 21.9 Å². The van der Waals surface area contributed by atoms with E-state index >= 15 is 0 Å². The number of phenols is 3. The van der Waals surface area contributed by atoms with Gasteiger partial charge in [0.1, 0.15) is 46.9 Å². The van der Waals surface area contributed by atoms with Crippen LogP contribution in [0.3, 0.4) is 0 Å². The summed E-state index contributed by atoms with van der Waals surface area (Å²) in [6.07, 6.45) is -8.07. The second-order valence-electron chi connectivity index (χ2n) is 6.87. The molecule has 1 aliphatic rings. The summed E-state index contributed by atoms with van der Waals surface area (Å²) in [5.74, 6) is -1.98. The van der Waals surface area contributed by atoms with E-state index in [2.05, 4.69) is 0 Å². The first-order chi connectivity index (χ1) is 14.2. The van der Waals surface area contributed by atoms with Crippen LogP contribution in [0.1, 0.15) is 0 Å². The third kappa shape index (κ3) is 3.09. The zero-order valence-electron chi connectivity index (χ0n) is 15.2. The molecule has 1 aliphatic heterocycles. The molecule has 11 nitrogen and oxygen atoms in total. The highest BCUT2D eigenvalue weighted by Gasteiger charge is 2.45. The fraction of sp³-hybridized carbons (Fsp3) is 0.316. The molecule has 30 heavy (non-hydrogen) atoms. The number of fused-ring (bicyclic) bond motifs is 2. The Morgan fingerprint density at radius 3 is 2.40 bits per heavy atom. The van der Waals surface area contributed by atoms with E-state index in [-0.39, 0.29) is 27.7 Å². The van der Waals surface area contributed by atoms with E-state index in [1.807, 2.05) is 0 Å². The molecule has 0 saturated carbocycles. The van der Waals surface area contributed by atoms with Crippen molar-refractivity contribution in [2.75, 3.05) is 6.61 Å². The maximum atomic E-state index is 12.8. The number of ether oxygens (including phenoxy) is 2. The molecule has 0 unspecified atom stereocenters. The van der Waals surface area contributed by atoms with Gasteiger partial charge in [-0.25, -0.2) is 0 Å². The van der Waals surface area contributed by atoms with E-state index in [1.54, 1.807) is 0 Å². The van der Waals surface area contributed by atoms with Crippen molar-refractivity contribution in [3.63, 3.8) is 0 Å². The lowest BCUT2D eigenvalue weighted by Crippen LogP contribution is -2.60. The Morgan fingerprint density at radius 2 is 1.70 bits per heavy atom. The second-order valence-corrected chi connectivity index (χ2v) is 6.87. The van der Waals surface area contributed by atoms with E-state index in [0.717, 1.165) is 12.1 Å². The monoisotopic (exact) mass is 422 g/mol. The smallest absolute Gasteiger partial charge is 0.229 e. The molecular formula is C19H18O11. The summed E-state index contributed by atoms with van der Waals surface area (Å²) in [6, 6.07) is 4.51. The van der Waals surface area contributed by atoms with Gasteiger partial charge in [-0.2, -0.15) is 0 Å². The molecule has 2 aromatic carbocycles. The van der Waals surface area contributed by atoms with E-state index < -0.39 is 60.0 Å². The quantitative estimate of drug-likeness (QED) is 0.263. The number of phenolic OH excluding ortho intramolecular Hbond substituents is 3. The van der Waals surface area contributed by atoms with Crippen LogP contribution in [-0.2, 0) is 4.74 Å². The van der Waals surface area contributed by atoms with Gasteiger partial charge in [0.2, 0.25) is 17.5 Å². The average Bonchev–Trinajstić information content (AvgIpc) is 2.71. The predicted molar refractivity (Wildman–Crippen MR) is 99.4 cm³/mol. The first-order valence-corrected chi connectivity index (χ1v) is 8.84. The summed E-state index contributed by atoms with van der Waals surface area (Å²) in [6.45, 7) is -0.698. The van der Waals surface area contributed by atoms with Gasteiger partial charge in [-0.3, -0.25) is 4.79 Å². The predicted octanol–water partition coefficient (Wildman–Crippen LogP) is -0.758. The van der Waals surface area contributed by atoms with Gasteiger partial charge in [0.05, 0.1) is 12.0 Å². The highest BCUT2D eigenvalue weighted by Crippen LogP contribution is 2.42. The normalized spacial score (nSPS) is 26.9. The molecule has 3 aromatic rings. The van der Waals surface area contributed by atoms with Crippen LogP contribution >= 0.6 is 0 Å². The van der Waals surface area contributed by atoms with Crippen LogP contribution in [0.15, 0.2) is 33.5 Å². The topological polar surface area (TPSA) is 190 Å². The number of aromatic hydroxyl groups is 3. The Hall–Kier alpha value is -3.09. The van der Waals surface area contributed by atoms with Gasteiger partial charge in [-0.05, 0) is 18.2 Å². The summed E-state index contributed by atoms with van der Waals surface area (Å²) in [5.41, 5.74) is -1.10. The minimum absolute atomic E-state index is 0.00829. The average molecular weight is 422 g/mol. The van der Waals surface area contributed by atoms with Gasteiger partial charge in [0.25, 0.3) is 0 Å². The summed E-state index contributed by atoms with van der Waals surface area (Å²) in [5, 5.41) is 68.9. The molecule has 0 aliphatic carbocycles. The largest absolute Gasteiger partial charge is 0.508 e. The molecule has 5 atom stereocenters. The molecule has 0 spiro atoms. The van der Waals surface area contributed by atoms with Gasteiger partial charge in [0.15, 0.2) is 11.3 Å². The number of aliphatic hydroxyl groups is 4. The van der Waals surface area contributed by atoms with Gasteiger partial charge in [0, 0.05) is 6.07 Å². The minimum atomic E-state index is -1.78. The van der Waals surface area contributed by atoms with Crippen molar-refractivity contribution in [2.45, 2.75) is 30.7 Å². The van der Waals surface area contributed by atoms with E-state index in [1.165, 1.54) is 12.1 Å². The Morgan fingerprint density at radius 1 is 0.967 bits per heavy atom. The minimum Gasteiger partial charge on any atom is -0.508 e.